The average Bonchev–Trinajstić information content (AvgIpc) is 3.02. The molecule has 0 spiro atoms. The van der Waals surface area contributed by atoms with Crippen molar-refractivity contribution in [2.75, 3.05) is 18.5 Å². The fourth-order valence-corrected chi connectivity index (χ4v) is 3.13. The number of phenols is 1. The molecule has 0 amide bonds. The van der Waals surface area contributed by atoms with Crippen molar-refractivity contribution in [1.29, 1.82) is 0 Å². The van der Waals surface area contributed by atoms with Crippen molar-refractivity contribution in [3.8, 4) is 22.7 Å². The Morgan fingerprint density at radius 3 is 2.48 bits per heavy atom. The topological polar surface area (TPSA) is 146 Å². The molecule has 0 aliphatic heterocycles. The highest BCUT2D eigenvalue weighted by Crippen LogP contribution is 2.33. The molecule has 4 aromatic rings. The lowest BCUT2D eigenvalue weighted by molar-refractivity contribution is 0.112. The normalized spacial score (nSPS) is 10.4. The van der Waals surface area contributed by atoms with Crippen LogP contribution in [-0.2, 0) is 0 Å². The van der Waals surface area contributed by atoms with Crippen LogP contribution in [0.25, 0.3) is 28.0 Å². The van der Waals surface area contributed by atoms with Gasteiger partial charge in [-0.25, -0.2) is 9.97 Å². The first-order chi connectivity index (χ1) is 14.0. The minimum Gasteiger partial charge on any atom is -0.508 e. The van der Waals surface area contributed by atoms with E-state index in [1.165, 1.54) is 7.05 Å². The van der Waals surface area contributed by atoms with Crippen LogP contribution in [0.1, 0.15) is 15.9 Å². The lowest BCUT2D eigenvalue weighted by atomic mass is 10.1. The molecule has 29 heavy (non-hydrogen) atoms. The molecule has 0 fully saturated rings. The van der Waals surface area contributed by atoms with Gasteiger partial charge in [0.1, 0.15) is 22.9 Å². The molecule has 0 aliphatic carbocycles. The van der Waals surface area contributed by atoms with Crippen molar-refractivity contribution in [2.45, 2.75) is 6.92 Å². The largest absolute Gasteiger partial charge is 0.508 e. The minimum atomic E-state index is 0.113. The summed E-state index contributed by atoms with van der Waals surface area (Å²) in [7, 11) is 1.50. The number of fused-ring (bicyclic) bond motifs is 1. The number of nitrogens with two attached hydrogens (primary N) is 3. The van der Waals surface area contributed by atoms with Gasteiger partial charge >= 0.3 is 0 Å². The van der Waals surface area contributed by atoms with Crippen LogP contribution < -0.4 is 17.2 Å². The van der Waals surface area contributed by atoms with Crippen molar-refractivity contribution >= 4 is 29.0 Å². The smallest absolute Gasteiger partial charge is 0.155 e. The number of carbonyl (C=O) groups excluding carboxylic acids is 1. The first-order valence-electron chi connectivity index (χ1n) is 8.85. The molecule has 3 aromatic heterocycles. The number of nitrogen functional groups attached to an aromatic ring is 2. The second kappa shape index (κ2) is 7.99. The first kappa shape index (κ1) is 19.8. The minimum absolute atomic E-state index is 0.113. The number of pyridine rings is 2. The third-order valence-electron chi connectivity index (χ3n) is 4.52. The fourth-order valence-electron chi connectivity index (χ4n) is 3.13. The van der Waals surface area contributed by atoms with E-state index in [1.54, 1.807) is 35.0 Å². The van der Waals surface area contributed by atoms with E-state index < -0.39 is 0 Å². The monoisotopic (exact) mass is 390 g/mol. The molecule has 0 bridgehead atoms. The van der Waals surface area contributed by atoms with Crippen molar-refractivity contribution in [2.24, 2.45) is 5.73 Å². The van der Waals surface area contributed by atoms with Crippen molar-refractivity contribution in [3.05, 3.63) is 59.8 Å². The third-order valence-corrected chi connectivity index (χ3v) is 4.52. The maximum absolute atomic E-state index is 11.7. The number of anilines is 2. The van der Waals surface area contributed by atoms with Crippen LogP contribution in [0.5, 0.6) is 5.75 Å². The van der Waals surface area contributed by atoms with Crippen LogP contribution >= 0.6 is 0 Å². The molecule has 3 heterocycles. The van der Waals surface area contributed by atoms with Crippen molar-refractivity contribution in [1.82, 2.24) is 14.5 Å². The summed E-state index contributed by atoms with van der Waals surface area (Å²) in [6, 6.07) is 12.2. The molecule has 8 nitrogen and oxygen atoms in total. The zero-order chi connectivity index (χ0) is 21.1. The van der Waals surface area contributed by atoms with E-state index in [9.17, 15) is 9.90 Å². The number of aromatic hydroxyl groups is 1. The van der Waals surface area contributed by atoms with Crippen LogP contribution in [-0.4, -0.2) is 33.0 Å². The van der Waals surface area contributed by atoms with E-state index in [4.69, 9.17) is 11.5 Å². The molecule has 4 rings (SSSR count). The van der Waals surface area contributed by atoms with Gasteiger partial charge in [-0.2, -0.15) is 0 Å². The Bertz CT molecular complexity index is 1180. The summed E-state index contributed by atoms with van der Waals surface area (Å²) in [6.07, 6.45) is 2.33. The lowest BCUT2D eigenvalue weighted by Crippen LogP contribution is -2.03. The standard InChI is InChI=1S/C20H17N5O2.CH5N/c1-11-2-4-13(27)8-17(11)25-16-6-5-15(12-3-7-18(21)23-9-12)24-19(16)14(10-26)20(25)22;1-2/h2-10,27H,22H2,1H3,(H2,21,23);2H2,1H3. The second-order valence-electron chi connectivity index (χ2n) is 6.26. The van der Waals surface area contributed by atoms with Gasteiger partial charge in [0.25, 0.3) is 0 Å². The van der Waals surface area contributed by atoms with Crippen molar-refractivity contribution < 1.29 is 9.90 Å². The van der Waals surface area contributed by atoms with Gasteiger partial charge in [0.15, 0.2) is 6.29 Å². The zero-order valence-corrected chi connectivity index (χ0v) is 16.1. The molecule has 8 heteroatoms. The van der Waals surface area contributed by atoms with Crippen LogP contribution in [0.3, 0.4) is 0 Å². The molecule has 0 aliphatic rings. The number of aryl methyl sites for hydroxylation is 1. The summed E-state index contributed by atoms with van der Waals surface area (Å²) < 4.78 is 1.73. The number of benzene rings is 1. The van der Waals surface area contributed by atoms with Gasteiger partial charge in [-0.3, -0.25) is 9.36 Å². The Labute approximate surface area is 167 Å². The number of aldehydes is 1. The lowest BCUT2D eigenvalue weighted by Gasteiger charge is -2.12. The average molecular weight is 390 g/mol. The van der Waals surface area contributed by atoms with E-state index in [-0.39, 0.29) is 11.6 Å². The number of hydrogen-bond donors (Lipinski definition) is 4. The van der Waals surface area contributed by atoms with E-state index in [1.807, 2.05) is 25.1 Å². The predicted molar refractivity (Wildman–Crippen MR) is 115 cm³/mol. The number of nitrogens with zero attached hydrogens (tertiary/aromatic N) is 3. The van der Waals surface area contributed by atoms with Gasteiger partial charge in [0.05, 0.1) is 22.5 Å². The Morgan fingerprint density at radius 2 is 1.83 bits per heavy atom. The van der Waals surface area contributed by atoms with Crippen LogP contribution in [0.2, 0.25) is 0 Å². The van der Waals surface area contributed by atoms with E-state index in [2.05, 4.69) is 15.7 Å². The number of rotatable bonds is 3. The van der Waals surface area contributed by atoms with Crippen LogP contribution in [0.15, 0.2) is 48.7 Å². The summed E-state index contributed by atoms with van der Waals surface area (Å²) in [5.41, 5.74) is 20.9. The van der Waals surface area contributed by atoms with Gasteiger partial charge in [0, 0.05) is 17.8 Å². The Balaban J connectivity index is 0.00000117. The Kier molecular flexibility index (Phi) is 5.47. The SMILES string of the molecule is CN.Cc1ccc(O)cc1-n1c(N)c(C=O)c2nc(-c3ccc(N)nc3)ccc21. The molecule has 148 valence electrons. The van der Waals surface area contributed by atoms with E-state index >= 15 is 0 Å². The van der Waals surface area contributed by atoms with Gasteiger partial charge in [-0.1, -0.05) is 6.07 Å². The zero-order valence-electron chi connectivity index (χ0n) is 16.1. The number of carbonyl (C=O) groups is 1. The summed E-state index contributed by atoms with van der Waals surface area (Å²) in [5.74, 6) is 0.805. The quantitative estimate of drug-likeness (QED) is 0.393. The Hall–Kier alpha value is -3.91. The summed E-state index contributed by atoms with van der Waals surface area (Å²) in [4.78, 5) is 20.4. The first-order valence-corrected chi connectivity index (χ1v) is 8.85. The van der Waals surface area contributed by atoms with Gasteiger partial charge < -0.3 is 22.3 Å². The molecular weight excluding hydrogens is 368 g/mol. The summed E-state index contributed by atoms with van der Waals surface area (Å²) in [6.45, 7) is 1.91. The highest BCUT2D eigenvalue weighted by atomic mass is 16.3. The highest BCUT2D eigenvalue weighted by molar-refractivity contribution is 6.03. The number of phenolic OH excluding ortho intramolecular Hbond substituents is 1. The van der Waals surface area contributed by atoms with Crippen LogP contribution in [0.4, 0.5) is 11.6 Å². The van der Waals surface area contributed by atoms with Gasteiger partial charge in [-0.05, 0) is 49.9 Å². The highest BCUT2D eigenvalue weighted by Gasteiger charge is 2.19. The molecule has 0 unspecified atom stereocenters. The molecular formula is C21H22N6O2. The van der Waals surface area contributed by atoms with E-state index in [0.717, 1.165) is 11.1 Å². The summed E-state index contributed by atoms with van der Waals surface area (Å²) in [5, 5.41) is 9.88. The van der Waals surface area contributed by atoms with E-state index in [0.29, 0.717) is 40.1 Å². The molecule has 0 saturated carbocycles. The second-order valence-corrected chi connectivity index (χ2v) is 6.26. The molecule has 0 saturated heterocycles. The Morgan fingerprint density at radius 1 is 1.07 bits per heavy atom. The van der Waals surface area contributed by atoms with Crippen LogP contribution in [0, 0.1) is 6.92 Å². The summed E-state index contributed by atoms with van der Waals surface area (Å²) >= 11 is 0. The molecule has 0 atom stereocenters. The molecule has 0 radical (unpaired) electrons. The van der Waals surface area contributed by atoms with Crippen molar-refractivity contribution in [3.63, 3.8) is 0 Å². The number of aromatic nitrogens is 3. The predicted octanol–water partition coefficient (Wildman–Crippen LogP) is 2.65. The maximum atomic E-state index is 11.7. The number of hydrogen-bond acceptors (Lipinski definition) is 7. The fraction of sp³-hybridized carbons (Fsp3) is 0.0952. The van der Waals surface area contributed by atoms with Gasteiger partial charge in [-0.15, -0.1) is 0 Å². The molecule has 1 aromatic carbocycles. The third kappa shape index (κ3) is 3.48. The van der Waals surface area contributed by atoms with Gasteiger partial charge in [0.2, 0.25) is 0 Å². The molecule has 7 N–H and O–H groups in total. The maximum Gasteiger partial charge on any atom is 0.155 e.